The molecule has 0 unspecified atom stereocenters. The highest BCUT2D eigenvalue weighted by molar-refractivity contribution is 14.0. The first-order chi connectivity index (χ1) is 9.67. The lowest BCUT2D eigenvalue weighted by Crippen LogP contribution is -2.41. The quantitative estimate of drug-likeness (QED) is 0.327. The van der Waals surface area contributed by atoms with Crippen LogP contribution in [0.2, 0.25) is 0 Å². The average molecular weight is 405 g/mol. The van der Waals surface area contributed by atoms with Crippen LogP contribution >= 0.6 is 24.0 Å². The summed E-state index contributed by atoms with van der Waals surface area (Å²) in [5.41, 5.74) is 1.24. The van der Waals surface area contributed by atoms with Crippen LogP contribution in [0.15, 0.2) is 29.3 Å². The fourth-order valence-electron chi connectivity index (χ4n) is 1.85. The predicted octanol–water partition coefficient (Wildman–Crippen LogP) is 3.30. The molecule has 0 amide bonds. The molecule has 0 aliphatic rings. The smallest absolute Gasteiger partial charge is 0.193 e. The van der Waals surface area contributed by atoms with Gasteiger partial charge in [-0.3, -0.25) is 4.99 Å². The Morgan fingerprint density at radius 3 is 2.52 bits per heavy atom. The number of nitrogens with zero attached hydrogens (tertiary/aromatic N) is 2. The lowest BCUT2D eigenvalue weighted by molar-refractivity contribution is 0.319. The number of halogens is 1. The highest BCUT2D eigenvalue weighted by atomic mass is 127. The molecule has 21 heavy (non-hydrogen) atoms. The Bertz CT molecular complexity index is 406. The molecule has 0 aliphatic carbocycles. The van der Waals surface area contributed by atoms with Gasteiger partial charge in [0.1, 0.15) is 12.4 Å². The van der Waals surface area contributed by atoms with Gasteiger partial charge in [0.2, 0.25) is 0 Å². The first kappa shape index (κ1) is 20.0. The highest BCUT2D eigenvalue weighted by Gasteiger charge is 2.04. The van der Waals surface area contributed by atoms with Crippen molar-refractivity contribution in [2.75, 3.05) is 33.8 Å². The molecule has 4 nitrogen and oxygen atoms in total. The number of hydrogen-bond donors (Lipinski definition) is 1. The molecule has 0 heterocycles. The fourth-order valence-corrected chi connectivity index (χ4v) is 1.85. The Labute approximate surface area is 146 Å². The zero-order valence-electron chi connectivity index (χ0n) is 13.6. The average Bonchev–Trinajstić information content (AvgIpc) is 2.46. The van der Waals surface area contributed by atoms with Crippen molar-refractivity contribution in [3.05, 3.63) is 29.8 Å². The van der Waals surface area contributed by atoms with Gasteiger partial charge in [0, 0.05) is 20.6 Å². The molecular formula is C16H28IN3O. The Hall–Kier alpha value is -0.980. The van der Waals surface area contributed by atoms with Crippen molar-refractivity contribution >= 4 is 29.9 Å². The Morgan fingerprint density at radius 2 is 1.95 bits per heavy atom. The van der Waals surface area contributed by atoms with E-state index in [-0.39, 0.29) is 24.0 Å². The van der Waals surface area contributed by atoms with E-state index in [0.29, 0.717) is 6.61 Å². The van der Waals surface area contributed by atoms with Crippen LogP contribution in [-0.2, 0) is 0 Å². The number of guanidine groups is 1. The minimum Gasteiger partial charge on any atom is -0.492 e. The minimum absolute atomic E-state index is 0. The number of aliphatic imine (C=N–C) groups is 1. The predicted molar refractivity (Wildman–Crippen MR) is 101 cm³/mol. The number of benzene rings is 1. The van der Waals surface area contributed by atoms with E-state index >= 15 is 0 Å². The third kappa shape index (κ3) is 8.14. The molecule has 0 aliphatic heterocycles. The second-order valence-electron chi connectivity index (χ2n) is 4.91. The van der Waals surface area contributed by atoms with E-state index in [1.54, 1.807) is 0 Å². The molecule has 1 rings (SSSR count). The van der Waals surface area contributed by atoms with Crippen molar-refractivity contribution in [3.8, 4) is 5.75 Å². The van der Waals surface area contributed by atoms with E-state index in [4.69, 9.17) is 4.74 Å². The van der Waals surface area contributed by atoms with Gasteiger partial charge in [0.25, 0.3) is 0 Å². The largest absolute Gasteiger partial charge is 0.492 e. The summed E-state index contributed by atoms with van der Waals surface area (Å²) < 4.78 is 5.68. The van der Waals surface area contributed by atoms with Crippen LogP contribution in [0.3, 0.4) is 0 Å². The van der Waals surface area contributed by atoms with E-state index in [9.17, 15) is 0 Å². The lowest BCUT2D eigenvalue weighted by Gasteiger charge is -2.21. The first-order valence-electron chi connectivity index (χ1n) is 7.28. The molecule has 0 bridgehead atoms. The van der Waals surface area contributed by atoms with Gasteiger partial charge in [-0.05, 0) is 25.5 Å². The molecule has 0 spiro atoms. The number of ether oxygens (including phenoxy) is 1. The molecule has 0 fully saturated rings. The Kier molecular flexibility index (Phi) is 11.1. The first-order valence-corrected chi connectivity index (χ1v) is 7.28. The molecular weight excluding hydrogens is 377 g/mol. The van der Waals surface area contributed by atoms with Crippen LogP contribution in [0.4, 0.5) is 0 Å². The zero-order valence-corrected chi connectivity index (χ0v) is 15.9. The summed E-state index contributed by atoms with van der Waals surface area (Å²) in [4.78, 5) is 6.42. The van der Waals surface area contributed by atoms with Crippen molar-refractivity contribution in [1.82, 2.24) is 10.2 Å². The fraction of sp³-hybridized carbons (Fsp3) is 0.562. The second kappa shape index (κ2) is 11.7. The van der Waals surface area contributed by atoms with Crippen LogP contribution in [0, 0.1) is 6.92 Å². The number of rotatable bonds is 7. The Morgan fingerprint density at radius 1 is 1.29 bits per heavy atom. The maximum Gasteiger partial charge on any atom is 0.193 e. The summed E-state index contributed by atoms with van der Waals surface area (Å²) in [6.45, 7) is 6.66. The molecule has 1 N–H and O–H groups in total. The molecule has 120 valence electrons. The summed E-state index contributed by atoms with van der Waals surface area (Å²) in [5, 5.41) is 3.31. The third-order valence-corrected chi connectivity index (χ3v) is 3.10. The van der Waals surface area contributed by atoms with Gasteiger partial charge in [-0.2, -0.15) is 0 Å². The number of aryl methyl sites for hydroxylation is 1. The van der Waals surface area contributed by atoms with E-state index in [1.165, 1.54) is 18.4 Å². The highest BCUT2D eigenvalue weighted by Crippen LogP contribution is 2.10. The van der Waals surface area contributed by atoms with Crippen LogP contribution in [0.5, 0.6) is 5.75 Å². The topological polar surface area (TPSA) is 36.9 Å². The van der Waals surface area contributed by atoms with Gasteiger partial charge in [-0.15, -0.1) is 24.0 Å². The van der Waals surface area contributed by atoms with Crippen molar-refractivity contribution in [1.29, 1.82) is 0 Å². The molecule has 0 saturated carbocycles. The van der Waals surface area contributed by atoms with Gasteiger partial charge in [-0.25, -0.2) is 0 Å². The molecule has 1 aromatic rings. The number of hydrogen-bond acceptors (Lipinski definition) is 2. The van der Waals surface area contributed by atoms with Crippen molar-refractivity contribution in [3.63, 3.8) is 0 Å². The van der Waals surface area contributed by atoms with Crippen molar-refractivity contribution in [2.24, 2.45) is 4.99 Å². The Balaban J connectivity index is 0.00000400. The molecule has 0 saturated heterocycles. The summed E-state index contributed by atoms with van der Waals surface area (Å²) in [6, 6.07) is 8.11. The van der Waals surface area contributed by atoms with E-state index in [2.05, 4.69) is 48.2 Å². The molecule has 0 atom stereocenters. The standard InChI is InChI=1S/C16H27N3O.HI/c1-5-6-12-19(4)16(17-3)18-11-13-20-15-9-7-14(2)8-10-15;/h7-10H,5-6,11-13H2,1-4H3,(H,17,18);1H. The zero-order chi connectivity index (χ0) is 14.8. The maximum atomic E-state index is 5.68. The van der Waals surface area contributed by atoms with Gasteiger partial charge in [0.15, 0.2) is 5.96 Å². The summed E-state index contributed by atoms with van der Waals surface area (Å²) in [5.74, 6) is 1.83. The number of unbranched alkanes of at least 4 members (excludes halogenated alkanes) is 1. The molecule has 0 radical (unpaired) electrons. The van der Waals surface area contributed by atoms with Crippen molar-refractivity contribution < 1.29 is 4.74 Å². The molecule has 5 heteroatoms. The van der Waals surface area contributed by atoms with Crippen LogP contribution in [0.25, 0.3) is 0 Å². The molecule has 1 aromatic carbocycles. The van der Waals surface area contributed by atoms with Crippen LogP contribution in [0.1, 0.15) is 25.3 Å². The van der Waals surface area contributed by atoms with Gasteiger partial charge < -0.3 is 15.0 Å². The SMILES string of the molecule is CCCCN(C)C(=NC)NCCOc1ccc(C)cc1.I. The van der Waals surface area contributed by atoms with Crippen LogP contribution < -0.4 is 10.1 Å². The monoisotopic (exact) mass is 405 g/mol. The number of nitrogens with one attached hydrogen (secondary N) is 1. The third-order valence-electron chi connectivity index (χ3n) is 3.10. The van der Waals surface area contributed by atoms with E-state index in [1.807, 2.05) is 19.2 Å². The van der Waals surface area contributed by atoms with Crippen LogP contribution in [-0.4, -0.2) is 44.7 Å². The summed E-state index contributed by atoms with van der Waals surface area (Å²) in [6.07, 6.45) is 2.37. The minimum atomic E-state index is 0. The molecule has 0 aromatic heterocycles. The van der Waals surface area contributed by atoms with Crippen molar-refractivity contribution in [2.45, 2.75) is 26.7 Å². The van der Waals surface area contributed by atoms with Gasteiger partial charge in [-0.1, -0.05) is 31.0 Å². The normalized spacial score (nSPS) is 10.8. The lowest BCUT2D eigenvalue weighted by atomic mass is 10.2. The summed E-state index contributed by atoms with van der Waals surface area (Å²) >= 11 is 0. The van der Waals surface area contributed by atoms with E-state index < -0.39 is 0 Å². The maximum absolute atomic E-state index is 5.68. The van der Waals surface area contributed by atoms with Gasteiger partial charge in [0.05, 0.1) is 6.54 Å². The van der Waals surface area contributed by atoms with Gasteiger partial charge >= 0.3 is 0 Å². The van der Waals surface area contributed by atoms with E-state index in [0.717, 1.165) is 24.8 Å². The second-order valence-corrected chi connectivity index (χ2v) is 4.91. The summed E-state index contributed by atoms with van der Waals surface area (Å²) in [7, 11) is 3.87.